The van der Waals surface area contributed by atoms with Crippen LogP contribution in [-0.2, 0) is 4.74 Å². The number of ether oxygens (including phenoxy) is 1. The third kappa shape index (κ3) is 4.98. The molecule has 2 saturated heterocycles. The lowest BCUT2D eigenvalue weighted by Crippen LogP contribution is -2.48. The highest BCUT2D eigenvalue weighted by molar-refractivity contribution is 14.0. The van der Waals surface area contributed by atoms with Crippen molar-refractivity contribution in [3.63, 3.8) is 0 Å². The number of hydrogen-bond donors (Lipinski definition) is 2. The highest BCUT2D eigenvalue weighted by atomic mass is 127. The van der Waals surface area contributed by atoms with Crippen molar-refractivity contribution in [3.05, 3.63) is 0 Å². The van der Waals surface area contributed by atoms with Crippen molar-refractivity contribution in [1.29, 1.82) is 0 Å². The fraction of sp³-hybridized carbons (Fsp3) is 0.941. The van der Waals surface area contributed by atoms with E-state index >= 15 is 0 Å². The molecule has 0 amide bonds. The summed E-state index contributed by atoms with van der Waals surface area (Å²) < 4.78 is 5.91. The Kier molecular flexibility index (Phi) is 7.74. The molecule has 3 aliphatic rings. The molecule has 22 heavy (non-hydrogen) atoms. The number of fused-ring (bicyclic) bond motifs is 2. The van der Waals surface area contributed by atoms with Gasteiger partial charge in [0.15, 0.2) is 5.96 Å². The summed E-state index contributed by atoms with van der Waals surface area (Å²) in [6, 6.07) is 0.465. The highest BCUT2D eigenvalue weighted by Gasteiger charge is 2.41. The minimum absolute atomic E-state index is 0. The molecule has 0 aromatic rings. The van der Waals surface area contributed by atoms with E-state index in [4.69, 9.17) is 4.74 Å². The predicted octanol–water partition coefficient (Wildman–Crippen LogP) is 3.45. The molecule has 3 unspecified atom stereocenters. The van der Waals surface area contributed by atoms with Crippen molar-refractivity contribution in [2.75, 3.05) is 13.6 Å². The first-order chi connectivity index (χ1) is 10.3. The summed E-state index contributed by atoms with van der Waals surface area (Å²) in [4.78, 5) is 4.40. The second-order valence-corrected chi connectivity index (χ2v) is 7.02. The molecule has 3 atom stereocenters. The molecule has 2 bridgehead atoms. The van der Waals surface area contributed by atoms with Crippen LogP contribution < -0.4 is 10.6 Å². The molecule has 1 aliphatic carbocycles. The van der Waals surface area contributed by atoms with Gasteiger partial charge < -0.3 is 15.4 Å². The average molecular weight is 421 g/mol. The fourth-order valence-electron chi connectivity index (χ4n) is 4.15. The number of guanidine groups is 1. The SMILES string of the molecule is CN=C(NCC1CCCCCCC1)NC1CC2CCC1O2.I. The van der Waals surface area contributed by atoms with Crippen LogP contribution in [0.2, 0.25) is 0 Å². The highest BCUT2D eigenvalue weighted by Crippen LogP contribution is 2.34. The van der Waals surface area contributed by atoms with E-state index in [1.807, 2.05) is 7.05 Å². The monoisotopic (exact) mass is 421 g/mol. The predicted molar refractivity (Wildman–Crippen MR) is 102 cm³/mol. The first-order valence-electron chi connectivity index (χ1n) is 8.98. The summed E-state index contributed by atoms with van der Waals surface area (Å²) in [5.74, 6) is 1.79. The minimum Gasteiger partial charge on any atom is -0.373 e. The molecule has 2 N–H and O–H groups in total. The Hall–Kier alpha value is -0.0400. The van der Waals surface area contributed by atoms with E-state index in [2.05, 4.69) is 15.6 Å². The summed E-state index contributed by atoms with van der Waals surface area (Å²) in [6.45, 7) is 1.07. The van der Waals surface area contributed by atoms with Crippen molar-refractivity contribution in [2.45, 2.75) is 82.5 Å². The minimum atomic E-state index is 0. The number of hydrogen-bond acceptors (Lipinski definition) is 2. The smallest absolute Gasteiger partial charge is 0.191 e. The van der Waals surface area contributed by atoms with Crippen LogP contribution in [0.15, 0.2) is 4.99 Å². The van der Waals surface area contributed by atoms with E-state index in [1.165, 1.54) is 57.8 Å². The maximum atomic E-state index is 5.91. The molecule has 0 aromatic carbocycles. The topological polar surface area (TPSA) is 45.7 Å². The molecule has 2 aliphatic heterocycles. The average Bonchev–Trinajstić information content (AvgIpc) is 3.07. The molecule has 1 saturated carbocycles. The van der Waals surface area contributed by atoms with Crippen molar-refractivity contribution in [2.24, 2.45) is 10.9 Å². The largest absolute Gasteiger partial charge is 0.373 e. The van der Waals surface area contributed by atoms with Crippen LogP contribution in [0.25, 0.3) is 0 Å². The molecule has 3 fully saturated rings. The van der Waals surface area contributed by atoms with Crippen LogP contribution in [0.5, 0.6) is 0 Å². The maximum absolute atomic E-state index is 5.91. The fourth-order valence-corrected chi connectivity index (χ4v) is 4.15. The molecule has 0 spiro atoms. The van der Waals surface area contributed by atoms with E-state index in [1.54, 1.807) is 0 Å². The van der Waals surface area contributed by atoms with Gasteiger partial charge in [0.2, 0.25) is 0 Å². The summed E-state index contributed by atoms with van der Waals surface area (Å²) in [6.07, 6.45) is 14.4. The van der Waals surface area contributed by atoms with Crippen LogP contribution in [0.1, 0.15) is 64.2 Å². The lowest BCUT2D eigenvalue weighted by Gasteiger charge is -2.25. The molecule has 128 valence electrons. The van der Waals surface area contributed by atoms with Crippen molar-refractivity contribution in [1.82, 2.24) is 10.6 Å². The van der Waals surface area contributed by atoms with E-state index in [0.717, 1.165) is 24.8 Å². The Morgan fingerprint density at radius 1 is 1.05 bits per heavy atom. The lowest BCUT2D eigenvalue weighted by molar-refractivity contribution is 0.0992. The van der Waals surface area contributed by atoms with Crippen LogP contribution in [0, 0.1) is 5.92 Å². The Bertz CT molecular complexity index is 356. The number of aliphatic imine (C=N–C) groups is 1. The summed E-state index contributed by atoms with van der Waals surface area (Å²) >= 11 is 0. The molecule has 2 heterocycles. The van der Waals surface area contributed by atoms with Gasteiger partial charge in [-0.25, -0.2) is 0 Å². The lowest BCUT2D eigenvalue weighted by atomic mass is 9.91. The van der Waals surface area contributed by atoms with Gasteiger partial charge in [-0.05, 0) is 38.0 Å². The molecule has 4 nitrogen and oxygen atoms in total. The number of halogens is 1. The first kappa shape index (κ1) is 18.3. The summed E-state index contributed by atoms with van der Waals surface area (Å²) in [5, 5.41) is 7.14. The second kappa shape index (κ2) is 9.30. The normalized spacial score (nSPS) is 33.0. The van der Waals surface area contributed by atoms with Crippen LogP contribution in [0.4, 0.5) is 0 Å². The zero-order valence-corrected chi connectivity index (χ0v) is 16.2. The second-order valence-electron chi connectivity index (χ2n) is 7.02. The van der Waals surface area contributed by atoms with Crippen molar-refractivity contribution < 1.29 is 4.74 Å². The van der Waals surface area contributed by atoms with Gasteiger partial charge >= 0.3 is 0 Å². The van der Waals surface area contributed by atoms with Gasteiger partial charge in [0, 0.05) is 13.6 Å². The van der Waals surface area contributed by atoms with Gasteiger partial charge in [-0.3, -0.25) is 4.99 Å². The third-order valence-corrected chi connectivity index (χ3v) is 5.43. The van der Waals surface area contributed by atoms with Crippen molar-refractivity contribution >= 4 is 29.9 Å². The van der Waals surface area contributed by atoms with Gasteiger partial charge in [-0.2, -0.15) is 0 Å². The van der Waals surface area contributed by atoms with Gasteiger partial charge in [0.25, 0.3) is 0 Å². The zero-order valence-electron chi connectivity index (χ0n) is 13.9. The maximum Gasteiger partial charge on any atom is 0.191 e. The van der Waals surface area contributed by atoms with Crippen LogP contribution in [-0.4, -0.2) is 37.8 Å². The van der Waals surface area contributed by atoms with Gasteiger partial charge in [0.1, 0.15) is 0 Å². The summed E-state index contributed by atoms with van der Waals surface area (Å²) in [5.41, 5.74) is 0. The van der Waals surface area contributed by atoms with E-state index in [-0.39, 0.29) is 24.0 Å². The third-order valence-electron chi connectivity index (χ3n) is 5.43. The Morgan fingerprint density at radius 2 is 1.77 bits per heavy atom. The van der Waals surface area contributed by atoms with E-state index in [9.17, 15) is 0 Å². The molecule has 0 radical (unpaired) electrons. The quantitative estimate of drug-likeness (QED) is 0.417. The van der Waals surface area contributed by atoms with E-state index < -0.39 is 0 Å². The Balaban J connectivity index is 0.00000176. The molecular formula is C17H32IN3O. The molecular weight excluding hydrogens is 389 g/mol. The zero-order chi connectivity index (χ0) is 14.5. The first-order valence-corrected chi connectivity index (χ1v) is 8.98. The van der Waals surface area contributed by atoms with Crippen molar-refractivity contribution in [3.8, 4) is 0 Å². The number of nitrogens with zero attached hydrogens (tertiary/aromatic N) is 1. The number of nitrogens with one attached hydrogen (secondary N) is 2. The van der Waals surface area contributed by atoms with Gasteiger partial charge in [0.05, 0.1) is 18.2 Å². The molecule has 5 heteroatoms. The van der Waals surface area contributed by atoms with Crippen LogP contribution in [0.3, 0.4) is 0 Å². The Labute approximate surface area is 152 Å². The van der Waals surface area contributed by atoms with Gasteiger partial charge in [-0.1, -0.05) is 32.1 Å². The summed E-state index contributed by atoms with van der Waals surface area (Å²) in [7, 11) is 1.88. The van der Waals surface area contributed by atoms with E-state index in [0.29, 0.717) is 18.2 Å². The molecule has 0 aromatic heterocycles. The standard InChI is InChI=1S/C17H31N3O.HI/c1-18-17(20-15-11-14-9-10-16(15)21-14)19-12-13-7-5-3-2-4-6-8-13;/h13-16H,2-12H2,1H3,(H2,18,19,20);1H. The Morgan fingerprint density at radius 3 is 2.36 bits per heavy atom. The number of rotatable bonds is 3. The molecule has 3 rings (SSSR count). The van der Waals surface area contributed by atoms with Crippen LogP contribution >= 0.6 is 24.0 Å². The van der Waals surface area contributed by atoms with Gasteiger partial charge in [-0.15, -0.1) is 24.0 Å².